The third kappa shape index (κ3) is 2.97. The fourth-order valence-corrected chi connectivity index (χ4v) is 1.61. The van der Waals surface area contributed by atoms with Gasteiger partial charge < -0.3 is 4.74 Å². The lowest BCUT2D eigenvalue weighted by Crippen LogP contribution is -2.47. The van der Waals surface area contributed by atoms with Crippen LogP contribution in [0.3, 0.4) is 0 Å². The molecule has 0 spiro atoms. The van der Waals surface area contributed by atoms with Gasteiger partial charge in [0.15, 0.2) is 0 Å². The van der Waals surface area contributed by atoms with Gasteiger partial charge in [0.05, 0.1) is 13.2 Å². The van der Waals surface area contributed by atoms with Crippen LogP contribution in [0.1, 0.15) is 19.8 Å². The standard InChI is InChI=1S/C9H16NO3/c1-2-3-8(9(11)12)10-4-6-13-7-5-10/h8H,2-7H2,1H3. The number of hydrogen-bond acceptors (Lipinski definition) is 3. The molecule has 0 amide bonds. The molecule has 75 valence electrons. The molecule has 4 nitrogen and oxygen atoms in total. The minimum absolute atomic E-state index is 0.422. The second kappa shape index (κ2) is 5.19. The van der Waals surface area contributed by atoms with Crippen molar-refractivity contribution in [2.24, 2.45) is 0 Å². The highest BCUT2D eigenvalue weighted by Gasteiger charge is 2.27. The van der Waals surface area contributed by atoms with E-state index >= 15 is 0 Å². The summed E-state index contributed by atoms with van der Waals surface area (Å²) in [7, 11) is 0. The van der Waals surface area contributed by atoms with E-state index in [0.29, 0.717) is 32.7 Å². The Kier molecular flexibility index (Phi) is 4.18. The summed E-state index contributed by atoms with van der Waals surface area (Å²) in [6, 6.07) is -0.422. The smallest absolute Gasteiger partial charge is 0.372 e. The van der Waals surface area contributed by atoms with Gasteiger partial charge in [-0.05, 0) is 6.42 Å². The molecular weight excluding hydrogens is 170 g/mol. The quantitative estimate of drug-likeness (QED) is 0.640. The molecule has 4 heteroatoms. The maximum absolute atomic E-state index is 10.8. The molecule has 1 atom stereocenters. The van der Waals surface area contributed by atoms with Crippen LogP contribution < -0.4 is 0 Å². The van der Waals surface area contributed by atoms with Crippen LogP contribution in [0.4, 0.5) is 0 Å². The molecule has 1 fully saturated rings. The molecule has 1 radical (unpaired) electrons. The average molecular weight is 186 g/mol. The zero-order chi connectivity index (χ0) is 9.68. The summed E-state index contributed by atoms with van der Waals surface area (Å²) < 4.78 is 5.15. The van der Waals surface area contributed by atoms with Crippen molar-refractivity contribution in [1.29, 1.82) is 0 Å². The molecule has 1 unspecified atom stereocenters. The second-order valence-corrected chi connectivity index (χ2v) is 3.27. The Bertz CT molecular complexity index is 166. The van der Waals surface area contributed by atoms with Crippen molar-refractivity contribution in [3.05, 3.63) is 0 Å². The third-order valence-corrected chi connectivity index (χ3v) is 2.32. The average Bonchev–Trinajstić information content (AvgIpc) is 2.15. The van der Waals surface area contributed by atoms with Crippen LogP contribution >= 0.6 is 0 Å². The maximum Gasteiger partial charge on any atom is 0.372 e. The molecule has 0 aromatic heterocycles. The fourth-order valence-electron chi connectivity index (χ4n) is 1.61. The van der Waals surface area contributed by atoms with Crippen LogP contribution in [0.5, 0.6) is 0 Å². The Morgan fingerprint density at radius 1 is 1.46 bits per heavy atom. The highest BCUT2D eigenvalue weighted by molar-refractivity contribution is 5.72. The monoisotopic (exact) mass is 186 g/mol. The van der Waals surface area contributed by atoms with E-state index in [1.807, 2.05) is 11.8 Å². The van der Waals surface area contributed by atoms with E-state index in [0.717, 1.165) is 6.42 Å². The fraction of sp³-hybridized carbons (Fsp3) is 0.889. The number of ether oxygens (including phenoxy) is 1. The molecule has 0 N–H and O–H groups in total. The zero-order valence-electron chi connectivity index (χ0n) is 7.99. The molecule has 1 aliphatic heterocycles. The molecule has 1 heterocycles. The Balaban J connectivity index is 2.46. The summed E-state index contributed by atoms with van der Waals surface area (Å²) in [4.78, 5) is 12.7. The molecule has 1 rings (SSSR count). The number of hydrogen-bond donors (Lipinski definition) is 0. The van der Waals surface area contributed by atoms with E-state index in [-0.39, 0.29) is 0 Å². The van der Waals surface area contributed by atoms with E-state index in [2.05, 4.69) is 0 Å². The molecule has 1 aliphatic rings. The van der Waals surface area contributed by atoms with Gasteiger partial charge in [0.1, 0.15) is 6.04 Å². The van der Waals surface area contributed by atoms with E-state index in [1.54, 1.807) is 0 Å². The minimum atomic E-state index is -0.955. The van der Waals surface area contributed by atoms with Crippen LogP contribution in [-0.2, 0) is 14.6 Å². The van der Waals surface area contributed by atoms with E-state index in [9.17, 15) is 9.90 Å². The summed E-state index contributed by atoms with van der Waals surface area (Å²) in [6.07, 6.45) is 1.54. The van der Waals surface area contributed by atoms with Crippen molar-refractivity contribution in [1.82, 2.24) is 4.90 Å². The normalized spacial score (nSPS) is 21.3. The summed E-state index contributed by atoms with van der Waals surface area (Å²) in [6.45, 7) is 4.66. The highest BCUT2D eigenvalue weighted by atomic mass is 16.5. The Labute approximate surface area is 78.5 Å². The lowest BCUT2D eigenvalue weighted by molar-refractivity contribution is -0.151. The second-order valence-electron chi connectivity index (χ2n) is 3.27. The van der Waals surface area contributed by atoms with Gasteiger partial charge in [0.2, 0.25) is 0 Å². The minimum Gasteiger partial charge on any atom is -0.379 e. The molecule has 0 bridgehead atoms. The predicted octanol–water partition coefficient (Wildman–Crippen LogP) is 0.444. The van der Waals surface area contributed by atoms with Gasteiger partial charge in [0, 0.05) is 13.1 Å². The molecule has 1 saturated heterocycles. The molecule has 13 heavy (non-hydrogen) atoms. The molecule has 0 saturated carbocycles. The van der Waals surface area contributed by atoms with Crippen molar-refractivity contribution in [2.75, 3.05) is 26.3 Å². The number of carbonyl (C=O) groups is 1. The summed E-state index contributed by atoms with van der Waals surface area (Å²) in [5.74, 6) is -0.955. The summed E-state index contributed by atoms with van der Waals surface area (Å²) in [5, 5.41) is 10.8. The van der Waals surface area contributed by atoms with Crippen molar-refractivity contribution < 1.29 is 14.6 Å². The van der Waals surface area contributed by atoms with Crippen molar-refractivity contribution in [3.8, 4) is 0 Å². The molecule has 0 aliphatic carbocycles. The Hall–Kier alpha value is -0.610. The molecule has 0 aromatic rings. The van der Waals surface area contributed by atoms with Gasteiger partial charge >= 0.3 is 5.97 Å². The van der Waals surface area contributed by atoms with Gasteiger partial charge in [-0.2, -0.15) is 0 Å². The number of morpholine rings is 1. The van der Waals surface area contributed by atoms with Gasteiger partial charge in [-0.3, -0.25) is 4.90 Å². The largest absolute Gasteiger partial charge is 0.379 e. The zero-order valence-corrected chi connectivity index (χ0v) is 7.99. The van der Waals surface area contributed by atoms with Crippen LogP contribution in [0.25, 0.3) is 0 Å². The summed E-state index contributed by atoms with van der Waals surface area (Å²) in [5.41, 5.74) is 0. The van der Waals surface area contributed by atoms with E-state index in [4.69, 9.17) is 4.74 Å². The van der Waals surface area contributed by atoms with Crippen LogP contribution in [-0.4, -0.2) is 43.2 Å². The topological polar surface area (TPSA) is 49.4 Å². The Morgan fingerprint density at radius 2 is 2.08 bits per heavy atom. The van der Waals surface area contributed by atoms with Crippen LogP contribution in [0.2, 0.25) is 0 Å². The first-order valence-corrected chi connectivity index (χ1v) is 4.78. The Morgan fingerprint density at radius 3 is 2.54 bits per heavy atom. The van der Waals surface area contributed by atoms with E-state index < -0.39 is 12.0 Å². The summed E-state index contributed by atoms with van der Waals surface area (Å²) >= 11 is 0. The maximum atomic E-state index is 10.8. The number of carbonyl (C=O) groups excluding carboxylic acids is 1. The van der Waals surface area contributed by atoms with Crippen LogP contribution in [0.15, 0.2) is 0 Å². The SMILES string of the molecule is CCCC(C([O])=O)N1CCOCC1. The molecule has 0 aromatic carbocycles. The van der Waals surface area contributed by atoms with Gasteiger partial charge in [-0.25, -0.2) is 9.90 Å². The first kappa shape index (κ1) is 10.5. The number of nitrogens with zero attached hydrogens (tertiary/aromatic N) is 1. The molecular formula is C9H16NO3. The predicted molar refractivity (Wildman–Crippen MR) is 46.8 cm³/mol. The van der Waals surface area contributed by atoms with Crippen molar-refractivity contribution >= 4 is 5.97 Å². The van der Waals surface area contributed by atoms with Gasteiger partial charge in [-0.1, -0.05) is 13.3 Å². The number of rotatable bonds is 4. The van der Waals surface area contributed by atoms with E-state index in [1.165, 1.54) is 0 Å². The third-order valence-electron chi connectivity index (χ3n) is 2.32. The van der Waals surface area contributed by atoms with Gasteiger partial charge in [-0.15, -0.1) is 0 Å². The van der Waals surface area contributed by atoms with Crippen LogP contribution in [0, 0.1) is 0 Å². The highest BCUT2D eigenvalue weighted by Crippen LogP contribution is 2.09. The van der Waals surface area contributed by atoms with Crippen molar-refractivity contribution in [2.45, 2.75) is 25.8 Å². The van der Waals surface area contributed by atoms with Crippen molar-refractivity contribution in [3.63, 3.8) is 0 Å². The van der Waals surface area contributed by atoms with Gasteiger partial charge in [0.25, 0.3) is 0 Å². The lowest BCUT2D eigenvalue weighted by atomic mass is 10.1. The first-order valence-electron chi connectivity index (χ1n) is 4.78. The lowest BCUT2D eigenvalue weighted by Gasteiger charge is -2.31. The first-order chi connectivity index (χ1) is 6.25.